The van der Waals surface area contributed by atoms with Gasteiger partial charge in [0.25, 0.3) is 0 Å². The number of methoxy groups -OCH3 is 1. The molecule has 0 radical (unpaired) electrons. The highest BCUT2D eigenvalue weighted by Crippen LogP contribution is 2.42. The van der Waals surface area contributed by atoms with Gasteiger partial charge in [-0.05, 0) is 25.0 Å². The van der Waals surface area contributed by atoms with Crippen molar-refractivity contribution in [1.82, 2.24) is 0 Å². The molecule has 8 heteroatoms. The third kappa shape index (κ3) is 3.08. The number of carboxylic acids is 1. The van der Waals surface area contributed by atoms with Gasteiger partial charge in [0, 0.05) is 18.1 Å². The SMILES string of the molecule is COc1cc(O)c(CCC(=O)O)cc1[C@@H]1OC(=O)[C@](C)(O)C1O. The Morgan fingerprint density at radius 1 is 1.43 bits per heavy atom. The fraction of sp³-hybridized carbons (Fsp3) is 0.467. The molecule has 0 aromatic heterocycles. The van der Waals surface area contributed by atoms with Crippen LogP contribution in [0, 0.1) is 0 Å². The molecule has 1 aliphatic heterocycles. The highest BCUT2D eigenvalue weighted by molar-refractivity contribution is 5.82. The zero-order chi connectivity index (χ0) is 17.4. The lowest BCUT2D eigenvalue weighted by atomic mass is 9.92. The number of benzene rings is 1. The van der Waals surface area contributed by atoms with Crippen molar-refractivity contribution >= 4 is 11.9 Å². The number of cyclic esters (lactones) is 1. The van der Waals surface area contributed by atoms with E-state index in [1.165, 1.54) is 19.2 Å². The van der Waals surface area contributed by atoms with E-state index in [1.807, 2.05) is 0 Å². The number of ether oxygens (including phenoxy) is 2. The van der Waals surface area contributed by atoms with Gasteiger partial charge in [-0.15, -0.1) is 0 Å². The Labute approximate surface area is 131 Å². The minimum atomic E-state index is -2.06. The second kappa shape index (κ2) is 6.05. The molecule has 8 nitrogen and oxygen atoms in total. The summed E-state index contributed by atoms with van der Waals surface area (Å²) in [5.74, 6) is -2.03. The number of aliphatic hydroxyl groups excluding tert-OH is 1. The summed E-state index contributed by atoms with van der Waals surface area (Å²) in [5, 5.41) is 38.7. The van der Waals surface area contributed by atoms with Crippen molar-refractivity contribution in [2.45, 2.75) is 37.6 Å². The molecule has 1 unspecified atom stereocenters. The molecule has 1 aliphatic rings. The third-order valence-corrected chi connectivity index (χ3v) is 3.86. The smallest absolute Gasteiger partial charge is 0.341 e. The number of hydrogen-bond donors (Lipinski definition) is 4. The van der Waals surface area contributed by atoms with Gasteiger partial charge in [-0.3, -0.25) is 4.79 Å². The molecule has 0 spiro atoms. The van der Waals surface area contributed by atoms with Crippen LogP contribution < -0.4 is 4.74 Å². The summed E-state index contributed by atoms with van der Waals surface area (Å²) in [4.78, 5) is 22.3. The lowest BCUT2D eigenvalue weighted by Crippen LogP contribution is -2.41. The zero-order valence-electron chi connectivity index (χ0n) is 12.6. The Morgan fingerprint density at radius 2 is 2.09 bits per heavy atom. The average molecular weight is 326 g/mol. The van der Waals surface area contributed by atoms with Crippen molar-refractivity contribution in [3.63, 3.8) is 0 Å². The number of aliphatic hydroxyl groups is 2. The number of phenolic OH excluding ortho intramolecular Hbond substituents is 1. The van der Waals surface area contributed by atoms with Gasteiger partial charge < -0.3 is 29.9 Å². The van der Waals surface area contributed by atoms with E-state index in [4.69, 9.17) is 14.6 Å². The van der Waals surface area contributed by atoms with E-state index >= 15 is 0 Å². The van der Waals surface area contributed by atoms with Gasteiger partial charge in [0.15, 0.2) is 11.7 Å². The average Bonchev–Trinajstić information content (AvgIpc) is 2.68. The van der Waals surface area contributed by atoms with Crippen LogP contribution in [-0.4, -0.2) is 51.2 Å². The van der Waals surface area contributed by atoms with Crippen molar-refractivity contribution in [3.05, 3.63) is 23.3 Å². The van der Waals surface area contributed by atoms with Crippen LogP contribution in [0.4, 0.5) is 0 Å². The summed E-state index contributed by atoms with van der Waals surface area (Å²) in [6.07, 6.45) is -2.87. The Morgan fingerprint density at radius 3 is 2.57 bits per heavy atom. The molecular formula is C15H18O8. The van der Waals surface area contributed by atoms with Gasteiger partial charge in [-0.2, -0.15) is 0 Å². The maximum atomic E-state index is 11.7. The van der Waals surface area contributed by atoms with Crippen LogP contribution in [-0.2, 0) is 20.7 Å². The highest BCUT2D eigenvalue weighted by atomic mass is 16.6. The molecular weight excluding hydrogens is 308 g/mol. The first kappa shape index (κ1) is 17.0. The minimum absolute atomic E-state index is 0.0469. The van der Waals surface area contributed by atoms with E-state index in [1.54, 1.807) is 0 Å². The van der Waals surface area contributed by atoms with Crippen LogP contribution in [0.25, 0.3) is 0 Å². The van der Waals surface area contributed by atoms with Crippen LogP contribution in [0.3, 0.4) is 0 Å². The van der Waals surface area contributed by atoms with E-state index in [2.05, 4.69) is 0 Å². The number of carboxylic acid groups (broad SMARTS) is 1. The number of aromatic hydroxyl groups is 1. The lowest BCUT2D eigenvalue weighted by Gasteiger charge is -2.21. The van der Waals surface area contributed by atoms with Crippen LogP contribution in [0.1, 0.15) is 30.6 Å². The Kier molecular flexibility index (Phi) is 4.49. The van der Waals surface area contributed by atoms with E-state index in [9.17, 15) is 24.9 Å². The fourth-order valence-corrected chi connectivity index (χ4v) is 2.42. The van der Waals surface area contributed by atoms with Crippen molar-refractivity contribution in [3.8, 4) is 11.5 Å². The molecule has 1 heterocycles. The first-order valence-corrected chi connectivity index (χ1v) is 6.91. The van der Waals surface area contributed by atoms with Crippen molar-refractivity contribution in [1.29, 1.82) is 0 Å². The molecule has 0 amide bonds. The van der Waals surface area contributed by atoms with Gasteiger partial charge in [0.2, 0.25) is 0 Å². The largest absolute Gasteiger partial charge is 0.508 e. The minimum Gasteiger partial charge on any atom is -0.508 e. The first-order valence-electron chi connectivity index (χ1n) is 6.91. The summed E-state index contributed by atoms with van der Waals surface area (Å²) in [6.45, 7) is 1.14. The van der Waals surface area contributed by atoms with E-state index < -0.39 is 29.7 Å². The van der Waals surface area contributed by atoms with Gasteiger partial charge in [-0.25, -0.2) is 4.79 Å². The molecule has 0 aliphatic carbocycles. The summed E-state index contributed by atoms with van der Waals surface area (Å²) in [7, 11) is 1.33. The molecule has 23 heavy (non-hydrogen) atoms. The number of esters is 1. The number of rotatable bonds is 5. The van der Waals surface area contributed by atoms with E-state index in [0.29, 0.717) is 5.56 Å². The number of carbonyl (C=O) groups excluding carboxylic acids is 1. The van der Waals surface area contributed by atoms with E-state index in [-0.39, 0.29) is 29.9 Å². The maximum absolute atomic E-state index is 11.7. The van der Waals surface area contributed by atoms with Crippen molar-refractivity contribution in [2.75, 3.05) is 7.11 Å². The summed E-state index contributed by atoms with van der Waals surface area (Å²) in [6, 6.07) is 2.65. The molecule has 126 valence electrons. The van der Waals surface area contributed by atoms with Gasteiger partial charge in [0.1, 0.15) is 17.6 Å². The molecule has 0 saturated carbocycles. The second-order valence-corrected chi connectivity index (χ2v) is 5.53. The van der Waals surface area contributed by atoms with Crippen LogP contribution in [0.15, 0.2) is 12.1 Å². The lowest BCUT2D eigenvalue weighted by molar-refractivity contribution is -0.155. The van der Waals surface area contributed by atoms with Gasteiger partial charge in [0.05, 0.1) is 7.11 Å². The predicted octanol–water partition coefficient (Wildman–Crippen LogP) is 0.128. The van der Waals surface area contributed by atoms with E-state index in [0.717, 1.165) is 6.92 Å². The Hall–Kier alpha value is -2.32. The number of aryl methyl sites for hydroxylation is 1. The van der Waals surface area contributed by atoms with Gasteiger partial charge >= 0.3 is 11.9 Å². The molecule has 2 rings (SSSR count). The summed E-state index contributed by atoms with van der Waals surface area (Å²) in [5.41, 5.74) is -1.52. The molecule has 1 saturated heterocycles. The van der Waals surface area contributed by atoms with Crippen LogP contribution >= 0.6 is 0 Å². The maximum Gasteiger partial charge on any atom is 0.341 e. The standard InChI is InChI=1S/C15H18O8/c1-15(21)13(19)12(23-14(15)20)8-5-7(3-4-11(17)18)9(16)6-10(8)22-2/h5-6,12-13,16,19,21H,3-4H2,1-2H3,(H,17,18)/t12-,13?,15+/m0/s1. The monoisotopic (exact) mass is 326 g/mol. The van der Waals surface area contributed by atoms with Crippen LogP contribution in [0.2, 0.25) is 0 Å². The van der Waals surface area contributed by atoms with Crippen molar-refractivity contribution < 1.29 is 39.5 Å². The van der Waals surface area contributed by atoms with Crippen LogP contribution in [0.5, 0.6) is 11.5 Å². The second-order valence-electron chi connectivity index (χ2n) is 5.53. The predicted molar refractivity (Wildman–Crippen MR) is 76.1 cm³/mol. The first-order chi connectivity index (χ1) is 10.7. The molecule has 3 atom stereocenters. The molecule has 1 aromatic rings. The normalized spacial score (nSPS) is 26.9. The number of carbonyl (C=O) groups is 2. The molecule has 0 bridgehead atoms. The molecule has 1 aromatic carbocycles. The number of hydrogen-bond acceptors (Lipinski definition) is 7. The Bertz CT molecular complexity index is 637. The number of phenols is 1. The topological polar surface area (TPSA) is 134 Å². The highest BCUT2D eigenvalue weighted by Gasteiger charge is 2.54. The molecule has 4 N–H and O–H groups in total. The van der Waals surface area contributed by atoms with Crippen molar-refractivity contribution in [2.24, 2.45) is 0 Å². The Balaban J connectivity index is 2.42. The third-order valence-electron chi connectivity index (χ3n) is 3.86. The summed E-state index contributed by atoms with van der Waals surface area (Å²) < 4.78 is 10.1. The quantitative estimate of drug-likeness (QED) is 0.561. The van der Waals surface area contributed by atoms with Gasteiger partial charge in [-0.1, -0.05) is 0 Å². The molecule has 1 fully saturated rings. The summed E-state index contributed by atoms with van der Waals surface area (Å²) >= 11 is 0. The fourth-order valence-electron chi connectivity index (χ4n) is 2.42. The zero-order valence-corrected chi connectivity index (χ0v) is 12.6. The number of aliphatic carboxylic acids is 1.